The molecule has 0 saturated carbocycles. The van der Waals surface area contributed by atoms with Gasteiger partial charge in [0.25, 0.3) is 11.7 Å². The van der Waals surface area contributed by atoms with Crippen molar-refractivity contribution < 1.29 is 19.4 Å². The lowest BCUT2D eigenvalue weighted by Gasteiger charge is -2.25. The SMILES string of the molecule is CCCOc1ccc(/C(O)=C2/C(=O)C(=O)N(c3ccc(C(C)C)cc3)C2c2ccncc2)cc1C. The third-order valence-electron chi connectivity index (χ3n) is 6.21. The number of aryl methyl sites for hydroxylation is 1. The summed E-state index contributed by atoms with van der Waals surface area (Å²) in [6.45, 7) is 8.70. The van der Waals surface area contributed by atoms with Crippen molar-refractivity contribution in [3.63, 3.8) is 0 Å². The molecule has 1 atom stereocenters. The molecule has 2 heterocycles. The highest BCUT2D eigenvalue weighted by Crippen LogP contribution is 2.42. The molecule has 2 aromatic carbocycles. The van der Waals surface area contributed by atoms with Crippen molar-refractivity contribution in [3.05, 3.63) is 94.8 Å². The van der Waals surface area contributed by atoms with E-state index >= 15 is 0 Å². The molecule has 3 aromatic rings. The molecule has 6 heteroatoms. The van der Waals surface area contributed by atoms with Gasteiger partial charge in [-0.25, -0.2) is 0 Å². The minimum Gasteiger partial charge on any atom is -0.507 e. The minimum atomic E-state index is -0.778. The van der Waals surface area contributed by atoms with E-state index in [1.165, 1.54) is 4.90 Å². The van der Waals surface area contributed by atoms with Crippen LogP contribution in [0.2, 0.25) is 0 Å². The predicted molar refractivity (Wildman–Crippen MR) is 137 cm³/mol. The Labute approximate surface area is 205 Å². The molecule has 1 saturated heterocycles. The van der Waals surface area contributed by atoms with Crippen molar-refractivity contribution in [2.24, 2.45) is 0 Å². The molecule has 1 aliphatic heterocycles. The van der Waals surface area contributed by atoms with Crippen molar-refractivity contribution in [2.75, 3.05) is 11.5 Å². The van der Waals surface area contributed by atoms with E-state index < -0.39 is 17.7 Å². The lowest BCUT2D eigenvalue weighted by Crippen LogP contribution is -2.29. The van der Waals surface area contributed by atoms with Gasteiger partial charge in [0.2, 0.25) is 0 Å². The van der Waals surface area contributed by atoms with E-state index in [9.17, 15) is 14.7 Å². The first kappa shape index (κ1) is 24.2. The van der Waals surface area contributed by atoms with Gasteiger partial charge in [0.15, 0.2) is 0 Å². The van der Waals surface area contributed by atoms with Crippen molar-refractivity contribution >= 4 is 23.1 Å². The first-order chi connectivity index (χ1) is 16.8. The van der Waals surface area contributed by atoms with Crippen molar-refractivity contribution in [1.82, 2.24) is 4.98 Å². The van der Waals surface area contributed by atoms with E-state index in [4.69, 9.17) is 4.74 Å². The highest BCUT2D eigenvalue weighted by Gasteiger charge is 2.47. The fourth-order valence-electron chi connectivity index (χ4n) is 4.31. The Morgan fingerprint density at radius 2 is 1.74 bits per heavy atom. The molecule has 0 spiro atoms. The fraction of sp³-hybridized carbons (Fsp3) is 0.276. The smallest absolute Gasteiger partial charge is 0.300 e. The number of benzene rings is 2. The summed E-state index contributed by atoms with van der Waals surface area (Å²) in [7, 11) is 0. The zero-order valence-electron chi connectivity index (χ0n) is 20.5. The summed E-state index contributed by atoms with van der Waals surface area (Å²) < 4.78 is 5.74. The van der Waals surface area contributed by atoms with Crippen LogP contribution in [0.1, 0.15) is 61.4 Å². The van der Waals surface area contributed by atoms with E-state index in [1.807, 2.05) is 38.1 Å². The van der Waals surface area contributed by atoms with Crippen LogP contribution in [0, 0.1) is 6.92 Å². The van der Waals surface area contributed by atoms with Crippen LogP contribution in [0.25, 0.3) is 5.76 Å². The number of carbonyl (C=O) groups excluding carboxylic acids is 2. The van der Waals surface area contributed by atoms with Gasteiger partial charge in [0.05, 0.1) is 18.2 Å². The van der Waals surface area contributed by atoms with E-state index in [0.717, 1.165) is 23.3 Å². The third-order valence-corrected chi connectivity index (χ3v) is 6.21. The number of aliphatic hydroxyl groups excluding tert-OH is 1. The Morgan fingerprint density at radius 1 is 1.06 bits per heavy atom. The summed E-state index contributed by atoms with van der Waals surface area (Å²) in [5, 5.41) is 11.3. The molecular formula is C29H30N2O4. The van der Waals surface area contributed by atoms with Crippen molar-refractivity contribution in [3.8, 4) is 5.75 Å². The second kappa shape index (κ2) is 10.1. The molecule has 4 rings (SSSR count). The normalized spacial score (nSPS) is 17.3. The largest absolute Gasteiger partial charge is 0.507 e. The number of anilines is 1. The van der Waals surface area contributed by atoms with Gasteiger partial charge in [-0.1, -0.05) is 32.9 Å². The van der Waals surface area contributed by atoms with Crippen LogP contribution in [0.5, 0.6) is 5.75 Å². The number of hydrogen-bond acceptors (Lipinski definition) is 5. The Balaban J connectivity index is 1.84. The minimum absolute atomic E-state index is 0.0516. The lowest BCUT2D eigenvalue weighted by molar-refractivity contribution is -0.132. The topological polar surface area (TPSA) is 79.7 Å². The molecule has 180 valence electrons. The molecule has 1 aromatic heterocycles. The van der Waals surface area contributed by atoms with Crippen LogP contribution in [-0.2, 0) is 9.59 Å². The van der Waals surface area contributed by atoms with Gasteiger partial charge in [-0.3, -0.25) is 19.5 Å². The number of amides is 1. The summed E-state index contributed by atoms with van der Waals surface area (Å²) in [6.07, 6.45) is 4.11. The van der Waals surface area contributed by atoms with Crippen LogP contribution < -0.4 is 9.64 Å². The maximum atomic E-state index is 13.3. The number of carbonyl (C=O) groups is 2. The van der Waals surface area contributed by atoms with Gasteiger partial charge >= 0.3 is 0 Å². The second-order valence-corrected chi connectivity index (χ2v) is 9.02. The van der Waals surface area contributed by atoms with Crippen LogP contribution in [0.4, 0.5) is 5.69 Å². The molecule has 1 amide bonds. The predicted octanol–water partition coefficient (Wildman–Crippen LogP) is 5.93. The number of aromatic nitrogens is 1. The monoisotopic (exact) mass is 470 g/mol. The first-order valence-electron chi connectivity index (χ1n) is 11.9. The number of ether oxygens (including phenoxy) is 1. The van der Waals surface area contributed by atoms with Gasteiger partial charge in [0.1, 0.15) is 11.5 Å². The number of hydrogen-bond donors (Lipinski definition) is 1. The highest BCUT2D eigenvalue weighted by molar-refractivity contribution is 6.51. The molecule has 0 aliphatic carbocycles. The summed E-state index contributed by atoms with van der Waals surface area (Å²) in [5.74, 6) is -0.550. The lowest BCUT2D eigenvalue weighted by atomic mass is 9.95. The number of rotatable bonds is 7. The molecule has 1 N–H and O–H groups in total. The Bertz CT molecular complexity index is 1260. The quantitative estimate of drug-likeness (QED) is 0.263. The number of ketones is 1. The first-order valence-corrected chi connectivity index (χ1v) is 11.9. The van der Waals surface area contributed by atoms with Gasteiger partial charge in [-0.15, -0.1) is 0 Å². The van der Waals surface area contributed by atoms with E-state index in [2.05, 4.69) is 18.8 Å². The van der Waals surface area contributed by atoms with E-state index in [-0.39, 0.29) is 11.3 Å². The summed E-state index contributed by atoms with van der Waals surface area (Å²) in [6, 6.07) is 15.6. The summed E-state index contributed by atoms with van der Waals surface area (Å²) in [5.41, 5.74) is 3.76. The van der Waals surface area contributed by atoms with Crippen molar-refractivity contribution in [2.45, 2.75) is 46.1 Å². The fourth-order valence-corrected chi connectivity index (χ4v) is 4.31. The van der Waals surface area contributed by atoms with E-state index in [1.54, 1.807) is 42.7 Å². The molecular weight excluding hydrogens is 440 g/mol. The molecule has 1 fully saturated rings. The van der Waals surface area contributed by atoms with Gasteiger partial charge < -0.3 is 9.84 Å². The zero-order chi connectivity index (χ0) is 25.1. The van der Waals surface area contributed by atoms with Gasteiger partial charge in [0, 0.05) is 23.6 Å². The highest BCUT2D eigenvalue weighted by atomic mass is 16.5. The maximum Gasteiger partial charge on any atom is 0.300 e. The number of aliphatic hydroxyl groups is 1. The molecule has 35 heavy (non-hydrogen) atoms. The number of Topliss-reactive ketones (excluding diaryl/α,β-unsaturated/α-hetero) is 1. The standard InChI is InChI=1S/C29H30N2O4/c1-5-16-35-24-11-8-22(17-19(24)4)27(32)25-26(21-12-14-30-15-13-21)31(29(34)28(25)33)23-9-6-20(7-10-23)18(2)3/h6-15,17-18,26,32H,5,16H2,1-4H3/b27-25-. The van der Waals surface area contributed by atoms with Crippen LogP contribution in [0.15, 0.2) is 72.6 Å². The Hall–Kier alpha value is -3.93. The average molecular weight is 471 g/mol. The third kappa shape index (κ3) is 4.69. The summed E-state index contributed by atoms with van der Waals surface area (Å²) >= 11 is 0. The molecule has 0 radical (unpaired) electrons. The Morgan fingerprint density at radius 3 is 2.34 bits per heavy atom. The average Bonchev–Trinajstić information content (AvgIpc) is 3.13. The number of pyridine rings is 1. The van der Waals surface area contributed by atoms with Gasteiger partial charge in [-0.2, -0.15) is 0 Å². The summed E-state index contributed by atoms with van der Waals surface area (Å²) in [4.78, 5) is 32.1. The number of nitrogens with zero attached hydrogens (tertiary/aromatic N) is 2. The van der Waals surface area contributed by atoms with Crippen LogP contribution in [0.3, 0.4) is 0 Å². The Kier molecular flexibility index (Phi) is 7.01. The molecule has 1 unspecified atom stereocenters. The van der Waals surface area contributed by atoms with E-state index in [0.29, 0.717) is 29.3 Å². The zero-order valence-corrected chi connectivity index (χ0v) is 20.5. The molecule has 6 nitrogen and oxygen atoms in total. The van der Waals surface area contributed by atoms with Crippen molar-refractivity contribution in [1.29, 1.82) is 0 Å². The molecule has 1 aliphatic rings. The van der Waals surface area contributed by atoms with Gasteiger partial charge in [-0.05, 0) is 78.4 Å². The maximum absolute atomic E-state index is 13.3. The second-order valence-electron chi connectivity index (χ2n) is 9.02. The van der Waals surface area contributed by atoms with Crippen LogP contribution in [-0.4, -0.2) is 28.4 Å². The van der Waals surface area contributed by atoms with Crippen LogP contribution >= 0.6 is 0 Å². The molecule has 0 bridgehead atoms.